The van der Waals surface area contributed by atoms with Gasteiger partial charge < -0.3 is 37.9 Å². The minimum Gasteiger partial charge on any atom is -0.463 e. The van der Waals surface area contributed by atoms with Crippen LogP contribution in [0.1, 0.15) is 51.4 Å². The van der Waals surface area contributed by atoms with E-state index >= 15 is 0 Å². The lowest BCUT2D eigenvalue weighted by atomic mass is 9.82. The van der Waals surface area contributed by atoms with E-state index in [0.29, 0.717) is 51.4 Å². The molecule has 0 heterocycles. The van der Waals surface area contributed by atoms with E-state index in [4.69, 9.17) is 61.1 Å². The van der Waals surface area contributed by atoms with Crippen molar-refractivity contribution in [1.82, 2.24) is 0 Å². The van der Waals surface area contributed by atoms with Gasteiger partial charge in [0.2, 0.25) is 0 Å². The van der Waals surface area contributed by atoms with E-state index in [9.17, 15) is 28.8 Å². The van der Waals surface area contributed by atoms with Gasteiger partial charge in [0.1, 0.15) is 23.0 Å². The van der Waals surface area contributed by atoms with Crippen LogP contribution in [0.2, 0.25) is 10.0 Å². The molecule has 0 spiro atoms. The molecule has 0 unspecified atom stereocenters. The molecule has 0 aliphatic heterocycles. The molecule has 3 rings (SSSR count). The summed E-state index contributed by atoms with van der Waals surface area (Å²) in [6.45, 7) is 7.02. The molecule has 0 atom stereocenters. The molecule has 16 heteroatoms. The molecule has 1 aliphatic rings. The summed E-state index contributed by atoms with van der Waals surface area (Å²) in [5.74, 6) is -2.78. The monoisotopic (exact) mass is 764 g/mol. The zero-order chi connectivity index (χ0) is 37.9. The summed E-state index contributed by atoms with van der Waals surface area (Å²) in [6.07, 6.45) is 3.51. The van der Waals surface area contributed by atoms with Gasteiger partial charge >= 0.3 is 36.2 Å². The smallest absolute Gasteiger partial charge is 0.463 e. The van der Waals surface area contributed by atoms with Gasteiger partial charge in [0, 0.05) is 24.3 Å². The largest absolute Gasteiger partial charge is 0.513 e. The molecule has 52 heavy (non-hydrogen) atoms. The van der Waals surface area contributed by atoms with E-state index < -0.39 is 48.0 Å². The summed E-state index contributed by atoms with van der Waals surface area (Å²) in [7, 11) is 0. The number of benzene rings is 2. The molecule has 280 valence electrons. The molecule has 14 nitrogen and oxygen atoms in total. The zero-order valence-corrected chi connectivity index (χ0v) is 29.7. The topological polar surface area (TPSA) is 176 Å². The van der Waals surface area contributed by atoms with E-state index in [1.165, 1.54) is 36.4 Å². The maximum absolute atomic E-state index is 12.9. The van der Waals surface area contributed by atoms with Gasteiger partial charge in [-0.25, -0.2) is 19.2 Å². The normalized spacial score (nSPS) is 14.9. The molecule has 1 aliphatic carbocycles. The van der Waals surface area contributed by atoms with E-state index in [1.54, 1.807) is 0 Å². The summed E-state index contributed by atoms with van der Waals surface area (Å²) >= 11 is 12.5. The first-order valence-corrected chi connectivity index (χ1v) is 17.0. The van der Waals surface area contributed by atoms with E-state index in [2.05, 4.69) is 13.2 Å². The summed E-state index contributed by atoms with van der Waals surface area (Å²) < 4.78 is 40.8. The highest BCUT2D eigenvalue weighted by atomic mass is 35.5. The third-order valence-electron chi connectivity index (χ3n) is 7.36. The van der Waals surface area contributed by atoms with Crippen molar-refractivity contribution in [2.45, 2.75) is 51.4 Å². The molecular weight excluding hydrogens is 727 g/mol. The number of esters is 4. The Morgan fingerprint density at radius 3 is 1.23 bits per heavy atom. The number of ether oxygens (including phenoxy) is 8. The van der Waals surface area contributed by atoms with Gasteiger partial charge in [-0.1, -0.05) is 36.4 Å². The first kappa shape index (κ1) is 41.3. The third kappa shape index (κ3) is 14.6. The maximum Gasteiger partial charge on any atom is 0.513 e. The van der Waals surface area contributed by atoms with Crippen LogP contribution in [-0.2, 0) is 38.1 Å². The second-order valence-electron chi connectivity index (χ2n) is 11.1. The molecule has 0 bridgehead atoms. The maximum atomic E-state index is 12.9. The third-order valence-corrected chi connectivity index (χ3v) is 7.95. The predicted molar refractivity (Wildman–Crippen MR) is 184 cm³/mol. The first-order chi connectivity index (χ1) is 25.0. The van der Waals surface area contributed by atoms with Crippen LogP contribution in [0.5, 0.6) is 23.0 Å². The van der Waals surface area contributed by atoms with Crippen LogP contribution >= 0.6 is 23.2 Å². The summed E-state index contributed by atoms with van der Waals surface area (Å²) in [5, 5.41) is 0.0664. The van der Waals surface area contributed by atoms with Crippen molar-refractivity contribution < 1.29 is 66.7 Å². The first-order valence-electron chi connectivity index (χ1n) is 16.3. The van der Waals surface area contributed by atoms with Crippen molar-refractivity contribution in [3.05, 3.63) is 71.8 Å². The van der Waals surface area contributed by atoms with Crippen LogP contribution in [0, 0.1) is 11.8 Å². The van der Waals surface area contributed by atoms with Crippen LogP contribution in [0.15, 0.2) is 61.7 Å². The van der Waals surface area contributed by atoms with Crippen molar-refractivity contribution in [1.29, 1.82) is 0 Å². The Hall–Kier alpha value is -5.08. The van der Waals surface area contributed by atoms with Crippen molar-refractivity contribution in [2.75, 3.05) is 26.4 Å². The SMILES string of the molecule is C=CC(=O)OCCCCOC(=O)Oc1ccc(OC(=O)C2CCC(C(=O)Oc3ccc(OC(=O)OCCCCOC(=O)C=C)cc3Cl)CC2)c(Cl)c1. The minimum absolute atomic E-state index is 0.0332. The molecule has 0 radical (unpaired) electrons. The average Bonchev–Trinajstić information content (AvgIpc) is 3.13. The van der Waals surface area contributed by atoms with Crippen LogP contribution < -0.4 is 18.9 Å². The molecule has 2 aromatic carbocycles. The second-order valence-corrected chi connectivity index (χ2v) is 11.9. The highest BCUT2D eigenvalue weighted by Crippen LogP contribution is 2.35. The van der Waals surface area contributed by atoms with Crippen LogP contribution in [0.4, 0.5) is 9.59 Å². The quantitative estimate of drug-likeness (QED) is 0.0367. The van der Waals surface area contributed by atoms with Gasteiger partial charge in [-0.05, 0) is 75.6 Å². The Morgan fingerprint density at radius 2 is 0.904 bits per heavy atom. The van der Waals surface area contributed by atoms with E-state index in [-0.39, 0.29) is 59.5 Å². The van der Waals surface area contributed by atoms with Crippen molar-refractivity contribution in [3.63, 3.8) is 0 Å². The Labute approximate surface area is 309 Å². The number of rotatable bonds is 18. The fraction of sp³-hybridized carbons (Fsp3) is 0.389. The van der Waals surface area contributed by atoms with Crippen LogP contribution in [0.3, 0.4) is 0 Å². The van der Waals surface area contributed by atoms with Crippen LogP contribution in [0.25, 0.3) is 0 Å². The van der Waals surface area contributed by atoms with Crippen molar-refractivity contribution in [2.24, 2.45) is 11.8 Å². The molecule has 0 saturated heterocycles. The molecule has 2 aromatic rings. The standard InChI is InChI=1S/C36H38Cl2O14/c1-3-31(39)45-17-5-7-19-47-35(43)49-25-13-15-29(27(37)21-25)51-33(41)23-9-11-24(12-10-23)34(42)52-30-16-14-26(22-28(30)38)50-36(44)48-20-8-6-18-46-32(40)4-2/h3-4,13-16,21-24H,1-2,5-12,17-20H2. The molecule has 0 N–H and O–H groups in total. The van der Waals surface area contributed by atoms with Crippen LogP contribution in [-0.4, -0.2) is 62.6 Å². The summed E-state index contributed by atoms with van der Waals surface area (Å²) in [6, 6.07) is 8.17. The summed E-state index contributed by atoms with van der Waals surface area (Å²) in [4.78, 5) is 71.6. The number of carbonyl (C=O) groups is 6. The van der Waals surface area contributed by atoms with Gasteiger partial charge in [0.25, 0.3) is 0 Å². The highest BCUT2D eigenvalue weighted by Gasteiger charge is 2.33. The Bertz CT molecular complexity index is 1480. The minimum atomic E-state index is -0.958. The van der Waals surface area contributed by atoms with Gasteiger partial charge in [-0.15, -0.1) is 0 Å². The molecule has 0 amide bonds. The average molecular weight is 766 g/mol. The number of hydrogen-bond acceptors (Lipinski definition) is 14. The van der Waals surface area contributed by atoms with Gasteiger partial charge in [-0.2, -0.15) is 0 Å². The number of halogens is 2. The lowest BCUT2D eigenvalue weighted by Crippen LogP contribution is -2.30. The second kappa shape index (κ2) is 22.0. The lowest BCUT2D eigenvalue weighted by Gasteiger charge is -2.26. The predicted octanol–water partition coefficient (Wildman–Crippen LogP) is 7.36. The van der Waals surface area contributed by atoms with Crippen molar-refractivity contribution >= 4 is 59.4 Å². The highest BCUT2D eigenvalue weighted by molar-refractivity contribution is 6.32. The van der Waals surface area contributed by atoms with E-state index in [1.807, 2.05) is 0 Å². The molecule has 0 aromatic heterocycles. The zero-order valence-electron chi connectivity index (χ0n) is 28.1. The fourth-order valence-electron chi connectivity index (χ4n) is 4.64. The Balaban J connectivity index is 1.36. The number of hydrogen-bond donors (Lipinski definition) is 0. The number of carbonyl (C=O) groups excluding carboxylic acids is 6. The molecule has 1 saturated carbocycles. The number of unbranched alkanes of at least 4 members (excludes halogenated alkanes) is 2. The lowest BCUT2D eigenvalue weighted by molar-refractivity contribution is -0.145. The Kier molecular flexibility index (Phi) is 17.5. The molecule has 1 fully saturated rings. The van der Waals surface area contributed by atoms with E-state index in [0.717, 1.165) is 12.2 Å². The summed E-state index contributed by atoms with van der Waals surface area (Å²) in [5.41, 5.74) is 0. The van der Waals surface area contributed by atoms with Gasteiger partial charge in [0.05, 0.1) is 48.3 Å². The van der Waals surface area contributed by atoms with Crippen molar-refractivity contribution in [3.8, 4) is 23.0 Å². The molecular formula is C36H38Cl2O14. The van der Waals surface area contributed by atoms with Gasteiger partial charge in [-0.3, -0.25) is 9.59 Å². The van der Waals surface area contributed by atoms with Gasteiger partial charge in [0.15, 0.2) is 0 Å². The fourth-order valence-corrected chi connectivity index (χ4v) is 5.06. The Morgan fingerprint density at radius 1 is 0.558 bits per heavy atom.